The molecule has 0 spiro atoms. The summed E-state index contributed by atoms with van der Waals surface area (Å²) in [4.78, 5) is 12.2. The van der Waals surface area contributed by atoms with Crippen molar-refractivity contribution in [3.05, 3.63) is 42.0 Å². The third kappa shape index (κ3) is 4.71. The molecular weight excluding hydrogens is 300 g/mol. The van der Waals surface area contributed by atoms with E-state index >= 15 is 0 Å². The monoisotopic (exact) mass is 328 g/mol. The van der Waals surface area contributed by atoms with Crippen molar-refractivity contribution in [2.45, 2.75) is 52.6 Å². The molecule has 0 aliphatic carbocycles. The van der Waals surface area contributed by atoms with Crippen LogP contribution in [0.15, 0.2) is 36.4 Å². The maximum absolute atomic E-state index is 12.2. The fourth-order valence-electron chi connectivity index (χ4n) is 2.63. The molecule has 2 aromatic carbocycles. The summed E-state index contributed by atoms with van der Waals surface area (Å²) in [5.74, 6) is 5.92. The molecule has 0 saturated heterocycles. The summed E-state index contributed by atoms with van der Waals surface area (Å²) in [5, 5.41) is 3.83. The summed E-state index contributed by atoms with van der Waals surface area (Å²) in [5.41, 5.74) is 1.05. The van der Waals surface area contributed by atoms with Crippen LogP contribution in [0.25, 0.3) is 10.8 Å². The number of ether oxygens (including phenoxy) is 1. The summed E-state index contributed by atoms with van der Waals surface area (Å²) in [6.07, 6.45) is 3.41. The number of rotatable bonds is 6. The Morgan fingerprint density at radius 2 is 1.92 bits per heavy atom. The van der Waals surface area contributed by atoms with E-state index in [1.165, 1.54) is 12.8 Å². The number of esters is 1. The highest BCUT2D eigenvalue weighted by Gasteiger charge is 2.18. The average Bonchev–Trinajstić information content (AvgIpc) is 2.52. The Hall–Kier alpha value is -2.07. The predicted molar refractivity (Wildman–Crippen MR) is 100 cm³/mol. The van der Waals surface area contributed by atoms with Gasteiger partial charge in [-0.2, -0.15) is 0 Å². The maximum atomic E-state index is 12.2. The third-order valence-corrected chi connectivity index (χ3v) is 3.80. The highest BCUT2D eigenvalue weighted by molar-refractivity contribution is 6.00. The second-order valence-corrected chi connectivity index (χ2v) is 7.12. The SMILES string of the molecule is CCCCCN(N)c1cccc2cc(C(=O)OC(C)(C)C)ccc12. The molecule has 4 nitrogen and oxygen atoms in total. The molecule has 0 unspecified atom stereocenters. The van der Waals surface area contributed by atoms with E-state index in [0.29, 0.717) is 5.56 Å². The number of carbonyl (C=O) groups excluding carboxylic acids is 1. The van der Waals surface area contributed by atoms with Crippen LogP contribution in [-0.2, 0) is 4.74 Å². The fraction of sp³-hybridized carbons (Fsp3) is 0.450. The van der Waals surface area contributed by atoms with Crippen molar-refractivity contribution in [1.82, 2.24) is 0 Å². The zero-order valence-corrected chi connectivity index (χ0v) is 15.1. The van der Waals surface area contributed by atoms with Crippen molar-refractivity contribution in [2.75, 3.05) is 11.6 Å². The van der Waals surface area contributed by atoms with Crippen LogP contribution in [0.3, 0.4) is 0 Å². The van der Waals surface area contributed by atoms with Crippen molar-refractivity contribution < 1.29 is 9.53 Å². The van der Waals surface area contributed by atoms with Gasteiger partial charge in [0, 0.05) is 11.9 Å². The van der Waals surface area contributed by atoms with Crippen LogP contribution >= 0.6 is 0 Å². The minimum absolute atomic E-state index is 0.303. The standard InChI is InChI=1S/C20H28N2O2/c1-5-6-7-13-22(21)18-10-8-9-15-14-16(11-12-17(15)18)19(23)24-20(2,3)4/h8-12,14H,5-7,13,21H2,1-4H3. The second kappa shape index (κ2) is 7.67. The molecule has 0 saturated carbocycles. The van der Waals surface area contributed by atoms with Gasteiger partial charge in [-0.15, -0.1) is 0 Å². The molecule has 2 N–H and O–H groups in total. The summed E-state index contributed by atoms with van der Waals surface area (Å²) in [6, 6.07) is 11.6. The predicted octanol–water partition coefficient (Wildman–Crippen LogP) is 4.67. The molecule has 0 bridgehead atoms. The number of nitrogens with two attached hydrogens (primary N) is 1. The molecule has 4 heteroatoms. The summed E-state index contributed by atoms with van der Waals surface area (Å²) >= 11 is 0. The van der Waals surface area contributed by atoms with E-state index in [4.69, 9.17) is 10.6 Å². The van der Waals surface area contributed by atoms with E-state index in [1.54, 1.807) is 11.1 Å². The van der Waals surface area contributed by atoms with Crippen LogP contribution < -0.4 is 10.9 Å². The number of unbranched alkanes of at least 4 members (excludes halogenated alkanes) is 2. The van der Waals surface area contributed by atoms with Gasteiger partial charge >= 0.3 is 5.97 Å². The quantitative estimate of drug-likeness (QED) is 0.362. The Morgan fingerprint density at radius 3 is 2.58 bits per heavy atom. The minimum atomic E-state index is -0.499. The Kier molecular flexibility index (Phi) is 5.84. The first-order chi connectivity index (χ1) is 11.3. The zero-order chi connectivity index (χ0) is 17.7. The van der Waals surface area contributed by atoms with E-state index in [0.717, 1.165) is 29.4 Å². The van der Waals surface area contributed by atoms with E-state index in [2.05, 4.69) is 6.92 Å². The number of hydrogen-bond donors (Lipinski definition) is 1. The average molecular weight is 328 g/mol. The highest BCUT2D eigenvalue weighted by atomic mass is 16.6. The molecule has 130 valence electrons. The largest absolute Gasteiger partial charge is 0.456 e. The fourth-order valence-corrected chi connectivity index (χ4v) is 2.63. The molecule has 0 aromatic heterocycles. The molecule has 0 aliphatic rings. The number of hydrogen-bond acceptors (Lipinski definition) is 4. The van der Waals surface area contributed by atoms with E-state index < -0.39 is 5.60 Å². The first kappa shape index (κ1) is 18.3. The Bertz CT molecular complexity index is 704. The zero-order valence-electron chi connectivity index (χ0n) is 15.1. The molecule has 0 amide bonds. The molecule has 0 aliphatic heterocycles. The maximum Gasteiger partial charge on any atom is 0.338 e. The van der Waals surface area contributed by atoms with Gasteiger partial charge in [0.1, 0.15) is 5.60 Å². The first-order valence-electron chi connectivity index (χ1n) is 8.60. The van der Waals surface area contributed by atoms with Gasteiger partial charge in [-0.05, 0) is 50.8 Å². The lowest BCUT2D eigenvalue weighted by Crippen LogP contribution is -2.31. The number of benzene rings is 2. The normalized spacial score (nSPS) is 11.5. The van der Waals surface area contributed by atoms with Crippen LogP contribution in [0.1, 0.15) is 57.3 Å². The van der Waals surface area contributed by atoms with Gasteiger partial charge in [0.25, 0.3) is 0 Å². The van der Waals surface area contributed by atoms with Crippen LogP contribution in [0.5, 0.6) is 0 Å². The van der Waals surface area contributed by atoms with Crippen LogP contribution in [-0.4, -0.2) is 18.1 Å². The topological polar surface area (TPSA) is 55.6 Å². The lowest BCUT2D eigenvalue weighted by atomic mass is 10.0. The van der Waals surface area contributed by atoms with Gasteiger partial charge in [0.2, 0.25) is 0 Å². The van der Waals surface area contributed by atoms with Crippen molar-refractivity contribution in [1.29, 1.82) is 0 Å². The van der Waals surface area contributed by atoms with Crippen LogP contribution in [0.2, 0.25) is 0 Å². The Morgan fingerprint density at radius 1 is 1.17 bits per heavy atom. The number of nitrogens with zero attached hydrogens (tertiary/aromatic N) is 1. The highest BCUT2D eigenvalue weighted by Crippen LogP contribution is 2.27. The summed E-state index contributed by atoms with van der Waals surface area (Å²) < 4.78 is 5.44. The molecule has 24 heavy (non-hydrogen) atoms. The number of anilines is 1. The van der Waals surface area contributed by atoms with Crippen molar-refractivity contribution in [3.8, 4) is 0 Å². The molecule has 2 aromatic rings. The lowest BCUT2D eigenvalue weighted by molar-refractivity contribution is 0.00697. The van der Waals surface area contributed by atoms with Crippen molar-refractivity contribution >= 4 is 22.4 Å². The van der Waals surface area contributed by atoms with Gasteiger partial charge in [-0.25, -0.2) is 10.6 Å². The lowest BCUT2D eigenvalue weighted by Gasteiger charge is -2.21. The molecule has 2 rings (SSSR count). The summed E-state index contributed by atoms with van der Waals surface area (Å²) in [6.45, 7) is 8.60. The smallest absolute Gasteiger partial charge is 0.338 e. The molecule has 0 heterocycles. The van der Waals surface area contributed by atoms with E-state index in [-0.39, 0.29) is 5.97 Å². The molecular formula is C20H28N2O2. The summed E-state index contributed by atoms with van der Waals surface area (Å²) in [7, 11) is 0. The van der Waals surface area contributed by atoms with Crippen molar-refractivity contribution in [3.63, 3.8) is 0 Å². The number of carbonyl (C=O) groups is 1. The van der Waals surface area contributed by atoms with E-state index in [1.807, 2.05) is 51.1 Å². The van der Waals surface area contributed by atoms with Gasteiger partial charge < -0.3 is 9.75 Å². The van der Waals surface area contributed by atoms with E-state index in [9.17, 15) is 4.79 Å². The van der Waals surface area contributed by atoms with Gasteiger partial charge in [0.05, 0.1) is 11.3 Å². The van der Waals surface area contributed by atoms with Crippen molar-refractivity contribution in [2.24, 2.45) is 5.84 Å². The Labute approximate surface area is 144 Å². The number of hydrazine groups is 1. The van der Waals surface area contributed by atoms with Gasteiger partial charge in [0.15, 0.2) is 0 Å². The van der Waals surface area contributed by atoms with Crippen LogP contribution in [0.4, 0.5) is 5.69 Å². The Balaban J connectivity index is 2.27. The van der Waals surface area contributed by atoms with Gasteiger partial charge in [-0.3, -0.25) is 0 Å². The van der Waals surface area contributed by atoms with Gasteiger partial charge in [-0.1, -0.05) is 38.0 Å². The number of fused-ring (bicyclic) bond motifs is 1. The molecule has 0 radical (unpaired) electrons. The molecule has 0 fully saturated rings. The first-order valence-corrected chi connectivity index (χ1v) is 8.60. The molecule has 0 atom stereocenters. The third-order valence-electron chi connectivity index (χ3n) is 3.80. The second-order valence-electron chi connectivity index (χ2n) is 7.12. The minimum Gasteiger partial charge on any atom is -0.456 e. The van der Waals surface area contributed by atoms with Crippen LogP contribution in [0, 0.1) is 0 Å².